The Labute approximate surface area is 155 Å². The van der Waals surface area contributed by atoms with E-state index in [0.717, 1.165) is 32.7 Å². The van der Waals surface area contributed by atoms with E-state index < -0.39 is 0 Å². The van der Waals surface area contributed by atoms with E-state index in [9.17, 15) is 0 Å². The van der Waals surface area contributed by atoms with Gasteiger partial charge in [-0.3, -0.25) is 14.5 Å². The van der Waals surface area contributed by atoms with Gasteiger partial charge in [0.25, 0.3) is 0 Å². The molecule has 0 spiro atoms. The molecule has 0 aliphatic carbocycles. The highest BCUT2D eigenvalue weighted by molar-refractivity contribution is 7.98. The van der Waals surface area contributed by atoms with Crippen molar-refractivity contribution >= 4 is 11.8 Å². The molecule has 5 heteroatoms. The lowest BCUT2D eigenvalue weighted by molar-refractivity contribution is 0.204. The normalized spacial score (nSPS) is 21.6. The van der Waals surface area contributed by atoms with Crippen LogP contribution in [0.3, 0.4) is 0 Å². The van der Waals surface area contributed by atoms with Gasteiger partial charge in [-0.05, 0) is 56.3 Å². The fourth-order valence-electron chi connectivity index (χ4n) is 4.02. The number of thioether (sulfide) groups is 1. The summed E-state index contributed by atoms with van der Waals surface area (Å²) in [4.78, 5) is 6.44. The topological polar surface area (TPSA) is 24.3 Å². The van der Waals surface area contributed by atoms with Crippen LogP contribution >= 0.6 is 11.8 Å². The fraction of sp³-hybridized carbons (Fsp3) is 0.550. The molecule has 0 amide bonds. The summed E-state index contributed by atoms with van der Waals surface area (Å²) in [6.07, 6.45) is 4.79. The number of benzene rings is 1. The first-order chi connectivity index (χ1) is 12.2. The lowest BCUT2D eigenvalue weighted by atomic mass is 10.2. The summed E-state index contributed by atoms with van der Waals surface area (Å²) in [7, 11) is 0. The predicted octanol–water partition coefficient (Wildman–Crippen LogP) is 3.61. The molecule has 0 saturated carbocycles. The van der Waals surface area contributed by atoms with E-state index in [1.54, 1.807) is 11.8 Å². The molecule has 0 N–H and O–H groups in total. The Morgan fingerprint density at radius 2 is 1.96 bits per heavy atom. The molecular weight excluding hydrogens is 328 g/mol. The number of nitrogens with zero attached hydrogens (tertiary/aromatic N) is 4. The van der Waals surface area contributed by atoms with Gasteiger partial charge in [0.05, 0.1) is 17.9 Å². The third-order valence-corrected chi connectivity index (χ3v) is 6.29. The molecule has 0 unspecified atom stereocenters. The molecule has 4 nitrogen and oxygen atoms in total. The van der Waals surface area contributed by atoms with Gasteiger partial charge >= 0.3 is 0 Å². The highest BCUT2D eigenvalue weighted by atomic mass is 32.2. The first kappa shape index (κ1) is 17.1. The van der Waals surface area contributed by atoms with Crippen molar-refractivity contribution in [2.45, 2.75) is 56.9 Å². The zero-order valence-electron chi connectivity index (χ0n) is 15.3. The molecule has 0 bridgehead atoms. The maximum Gasteiger partial charge on any atom is 0.0768 e. The summed E-state index contributed by atoms with van der Waals surface area (Å²) in [5.41, 5.74) is 4.01. The molecule has 2 aliphatic rings. The van der Waals surface area contributed by atoms with Crippen molar-refractivity contribution in [2.24, 2.45) is 0 Å². The molecule has 134 valence electrons. The van der Waals surface area contributed by atoms with Crippen LogP contribution in [-0.4, -0.2) is 45.0 Å². The van der Waals surface area contributed by atoms with E-state index in [0.29, 0.717) is 6.04 Å². The Hall–Kier alpha value is -1.30. The molecule has 0 radical (unpaired) electrons. The molecule has 2 aromatic rings. The van der Waals surface area contributed by atoms with E-state index in [1.807, 2.05) is 0 Å². The van der Waals surface area contributed by atoms with Gasteiger partial charge in [-0.25, -0.2) is 0 Å². The maximum absolute atomic E-state index is 4.86. The highest BCUT2D eigenvalue weighted by Crippen LogP contribution is 2.22. The average Bonchev–Trinajstić information content (AvgIpc) is 3.21. The SMILES string of the molecule is CSc1ccc(CN2CCn3nc(CN4CCC[C@@H]4C)cc3C2)cc1. The highest BCUT2D eigenvalue weighted by Gasteiger charge is 2.23. The molecular formula is C20H28N4S. The van der Waals surface area contributed by atoms with Crippen molar-refractivity contribution in [3.05, 3.63) is 47.3 Å². The van der Waals surface area contributed by atoms with Gasteiger partial charge in [-0.1, -0.05) is 12.1 Å². The second-order valence-corrected chi connectivity index (χ2v) is 8.25. The average molecular weight is 357 g/mol. The van der Waals surface area contributed by atoms with Gasteiger partial charge in [-0.15, -0.1) is 11.8 Å². The van der Waals surface area contributed by atoms with Gasteiger partial charge in [-0.2, -0.15) is 5.10 Å². The number of hydrogen-bond donors (Lipinski definition) is 0. The zero-order chi connectivity index (χ0) is 17.2. The van der Waals surface area contributed by atoms with Crippen molar-refractivity contribution in [3.63, 3.8) is 0 Å². The van der Waals surface area contributed by atoms with Gasteiger partial charge in [0.1, 0.15) is 0 Å². The van der Waals surface area contributed by atoms with E-state index in [1.165, 1.54) is 41.2 Å². The number of likely N-dealkylation sites (tertiary alicyclic amines) is 1. The van der Waals surface area contributed by atoms with Crippen LogP contribution in [0.2, 0.25) is 0 Å². The monoisotopic (exact) mass is 356 g/mol. The van der Waals surface area contributed by atoms with Crippen molar-refractivity contribution in [1.29, 1.82) is 0 Å². The number of rotatable bonds is 5. The third kappa shape index (κ3) is 3.94. The summed E-state index contributed by atoms with van der Waals surface area (Å²) in [6.45, 7) is 8.70. The summed E-state index contributed by atoms with van der Waals surface area (Å²) in [6, 6.07) is 12.0. The second kappa shape index (κ2) is 7.52. The predicted molar refractivity (Wildman–Crippen MR) is 104 cm³/mol. The maximum atomic E-state index is 4.86. The van der Waals surface area contributed by atoms with Crippen LogP contribution in [0.4, 0.5) is 0 Å². The van der Waals surface area contributed by atoms with Crippen molar-refractivity contribution in [1.82, 2.24) is 19.6 Å². The molecule has 25 heavy (non-hydrogen) atoms. The van der Waals surface area contributed by atoms with Crippen molar-refractivity contribution in [2.75, 3.05) is 19.3 Å². The smallest absolute Gasteiger partial charge is 0.0768 e. The quantitative estimate of drug-likeness (QED) is 0.764. The Bertz CT molecular complexity index is 709. The minimum Gasteiger partial charge on any atom is -0.295 e. The molecule has 1 atom stereocenters. The zero-order valence-corrected chi connectivity index (χ0v) is 16.1. The molecule has 2 aliphatic heterocycles. The summed E-state index contributed by atoms with van der Waals surface area (Å²) in [5.74, 6) is 0. The second-order valence-electron chi connectivity index (χ2n) is 7.37. The number of hydrogen-bond acceptors (Lipinski definition) is 4. The van der Waals surface area contributed by atoms with Crippen LogP contribution < -0.4 is 0 Å². The van der Waals surface area contributed by atoms with E-state index in [-0.39, 0.29) is 0 Å². The standard InChI is InChI=1S/C20H28N4S/c1-16-4-3-9-23(16)14-18-12-19-15-22(10-11-24(19)21-18)13-17-5-7-20(25-2)8-6-17/h5-8,12,16H,3-4,9-11,13-15H2,1-2H3/t16-/m0/s1. The first-order valence-corrected chi connectivity index (χ1v) is 10.6. The number of aromatic nitrogens is 2. The summed E-state index contributed by atoms with van der Waals surface area (Å²) < 4.78 is 2.23. The molecule has 1 aromatic carbocycles. The summed E-state index contributed by atoms with van der Waals surface area (Å²) >= 11 is 1.80. The van der Waals surface area contributed by atoms with Crippen LogP contribution in [0.25, 0.3) is 0 Å². The third-order valence-electron chi connectivity index (χ3n) is 5.55. The summed E-state index contributed by atoms with van der Waals surface area (Å²) in [5, 5.41) is 4.86. The first-order valence-electron chi connectivity index (χ1n) is 9.36. The Balaban J connectivity index is 1.38. The minimum atomic E-state index is 0.708. The van der Waals surface area contributed by atoms with Gasteiger partial charge in [0.15, 0.2) is 0 Å². The van der Waals surface area contributed by atoms with Gasteiger partial charge in [0, 0.05) is 37.1 Å². The molecule has 1 saturated heterocycles. The van der Waals surface area contributed by atoms with Crippen LogP contribution in [0.15, 0.2) is 35.2 Å². The lowest BCUT2D eigenvalue weighted by Crippen LogP contribution is -2.33. The molecule has 3 heterocycles. The van der Waals surface area contributed by atoms with Crippen LogP contribution in [0, 0.1) is 0 Å². The van der Waals surface area contributed by atoms with Gasteiger partial charge < -0.3 is 0 Å². The van der Waals surface area contributed by atoms with Crippen LogP contribution in [0.5, 0.6) is 0 Å². The van der Waals surface area contributed by atoms with Crippen molar-refractivity contribution in [3.8, 4) is 0 Å². The Morgan fingerprint density at radius 3 is 2.68 bits per heavy atom. The van der Waals surface area contributed by atoms with E-state index >= 15 is 0 Å². The minimum absolute atomic E-state index is 0.708. The van der Waals surface area contributed by atoms with Crippen LogP contribution in [0.1, 0.15) is 36.7 Å². The molecule has 4 rings (SSSR count). The van der Waals surface area contributed by atoms with E-state index in [2.05, 4.69) is 58.0 Å². The van der Waals surface area contributed by atoms with Crippen molar-refractivity contribution < 1.29 is 0 Å². The largest absolute Gasteiger partial charge is 0.295 e. The van der Waals surface area contributed by atoms with E-state index in [4.69, 9.17) is 5.10 Å². The molecule has 1 fully saturated rings. The number of fused-ring (bicyclic) bond motifs is 1. The lowest BCUT2D eigenvalue weighted by Gasteiger charge is -2.27. The fourth-order valence-corrected chi connectivity index (χ4v) is 4.43. The molecule has 1 aromatic heterocycles. The van der Waals surface area contributed by atoms with Gasteiger partial charge in [0.2, 0.25) is 0 Å². The Kier molecular flexibility index (Phi) is 5.15. The van der Waals surface area contributed by atoms with Crippen LogP contribution in [-0.2, 0) is 26.2 Å². The Morgan fingerprint density at radius 1 is 1.12 bits per heavy atom.